The largest absolute Gasteiger partial charge is 0.444 e. The van der Waals surface area contributed by atoms with Gasteiger partial charge in [0.1, 0.15) is 11.6 Å². The summed E-state index contributed by atoms with van der Waals surface area (Å²) < 4.78 is 30.7. The van der Waals surface area contributed by atoms with E-state index in [1.807, 2.05) is 0 Å². The summed E-state index contributed by atoms with van der Waals surface area (Å²) in [6.45, 7) is 4.89. The number of nitrogens with one attached hydrogen (secondary N) is 1. The molecule has 0 fully saturated rings. The summed E-state index contributed by atoms with van der Waals surface area (Å²) in [5.74, 6) is -0.426. The van der Waals surface area contributed by atoms with Gasteiger partial charge in [0.15, 0.2) is 0 Å². The van der Waals surface area contributed by atoms with Gasteiger partial charge in [-0.1, -0.05) is 12.1 Å². The van der Waals surface area contributed by atoms with Crippen molar-refractivity contribution < 1.29 is 22.7 Å². The van der Waals surface area contributed by atoms with Gasteiger partial charge in [-0.05, 0) is 32.9 Å². The molecule has 25 heavy (non-hydrogen) atoms. The summed E-state index contributed by atoms with van der Waals surface area (Å²) in [7, 11) is -2.11. The number of fused-ring (bicyclic) bond motifs is 1. The highest BCUT2D eigenvalue weighted by molar-refractivity contribution is 7.92. The molecule has 8 nitrogen and oxygen atoms in total. The van der Waals surface area contributed by atoms with Crippen LogP contribution in [-0.4, -0.2) is 51.9 Å². The second kappa shape index (κ2) is 6.55. The molecule has 1 heterocycles. The van der Waals surface area contributed by atoms with Crippen LogP contribution in [-0.2, 0) is 19.6 Å². The number of ether oxygens (including phenoxy) is 1. The molecule has 2 amide bonds. The first-order valence-corrected chi connectivity index (χ1v) is 9.59. The van der Waals surface area contributed by atoms with E-state index in [0.717, 1.165) is 10.6 Å². The Hall–Kier alpha value is -2.29. The number of carbonyl (C=O) groups is 2. The zero-order valence-electron chi connectivity index (χ0n) is 14.9. The summed E-state index contributed by atoms with van der Waals surface area (Å²) in [6, 6.07) is 5.61. The number of para-hydroxylation sites is 2. The molecule has 0 spiro atoms. The number of rotatable bonds is 2. The number of amides is 2. The van der Waals surface area contributed by atoms with E-state index in [2.05, 4.69) is 5.32 Å². The van der Waals surface area contributed by atoms with Gasteiger partial charge < -0.3 is 15.0 Å². The van der Waals surface area contributed by atoms with Gasteiger partial charge in [0.2, 0.25) is 10.0 Å². The number of alkyl carbamates (subject to hydrolysis) is 1. The number of benzene rings is 1. The van der Waals surface area contributed by atoms with E-state index in [1.54, 1.807) is 45.0 Å². The Bertz CT molecular complexity index is 785. The molecule has 0 aromatic heterocycles. The third kappa shape index (κ3) is 4.41. The second-order valence-corrected chi connectivity index (χ2v) is 8.79. The van der Waals surface area contributed by atoms with Crippen LogP contribution < -0.4 is 14.5 Å². The minimum absolute atomic E-state index is 0.210. The molecule has 1 atom stereocenters. The van der Waals surface area contributed by atoms with Crippen LogP contribution in [0.25, 0.3) is 0 Å². The van der Waals surface area contributed by atoms with E-state index < -0.39 is 33.7 Å². The molecule has 1 aromatic carbocycles. The molecule has 9 heteroatoms. The van der Waals surface area contributed by atoms with E-state index in [1.165, 1.54) is 11.9 Å². The van der Waals surface area contributed by atoms with E-state index in [9.17, 15) is 18.0 Å². The van der Waals surface area contributed by atoms with Gasteiger partial charge in [0.05, 0.1) is 24.2 Å². The lowest BCUT2D eigenvalue weighted by atomic mass is 10.2. The quantitative estimate of drug-likeness (QED) is 0.848. The molecule has 0 aliphatic carbocycles. The number of hydrogen-bond acceptors (Lipinski definition) is 5. The lowest BCUT2D eigenvalue weighted by Crippen LogP contribution is -2.53. The molecule has 0 radical (unpaired) electrons. The molecule has 2 rings (SSSR count). The Morgan fingerprint density at radius 2 is 1.80 bits per heavy atom. The topological polar surface area (TPSA) is 96.0 Å². The zero-order valence-corrected chi connectivity index (χ0v) is 15.8. The van der Waals surface area contributed by atoms with Crippen molar-refractivity contribution in [2.75, 3.05) is 29.1 Å². The molecule has 1 aliphatic rings. The average molecular weight is 369 g/mol. The van der Waals surface area contributed by atoms with Crippen molar-refractivity contribution in [3.8, 4) is 0 Å². The van der Waals surface area contributed by atoms with E-state index in [4.69, 9.17) is 4.74 Å². The van der Waals surface area contributed by atoms with Crippen molar-refractivity contribution >= 4 is 33.4 Å². The smallest absolute Gasteiger partial charge is 0.408 e. The lowest BCUT2D eigenvalue weighted by Gasteiger charge is -2.26. The second-order valence-electron chi connectivity index (χ2n) is 6.88. The molecule has 0 saturated carbocycles. The standard InChI is InChI=1S/C16H23N3O5S/c1-16(2,3)24-15(21)17-11-10-19(25(5,22)23)13-9-7-6-8-12(13)18(4)14(11)20/h6-9,11H,10H2,1-5H3,(H,17,21). The van der Waals surface area contributed by atoms with Gasteiger partial charge in [0, 0.05) is 7.05 Å². The summed E-state index contributed by atoms with van der Waals surface area (Å²) in [6.07, 6.45) is 0.281. The zero-order chi connectivity index (χ0) is 19.0. The van der Waals surface area contributed by atoms with Crippen molar-refractivity contribution in [1.29, 1.82) is 0 Å². The monoisotopic (exact) mass is 369 g/mol. The molecule has 0 bridgehead atoms. The molecule has 1 unspecified atom stereocenters. The molecular weight excluding hydrogens is 346 g/mol. The Labute approximate surface area is 147 Å². The van der Waals surface area contributed by atoms with Crippen LogP contribution in [0.1, 0.15) is 20.8 Å². The third-order valence-electron chi connectivity index (χ3n) is 3.58. The van der Waals surface area contributed by atoms with Gasteiger partial charge in [0.25, 0.3) is 5.91 Å². The van der Waals surface area contributed by atoms with Crippen LogP contribution in [0, 0.1) is 0 Å². The third-order valence-corrected chi connectivity index (χ3v) is 4.73. The van der Waals surface area contributed by atoms with Crippen LogP contribution in [0.3, 0.4) is 0 Å². The predicted octanol–water partition coefficient (Wildman–Crippen LogP) is 1.32. The maximum absolute atomic E-state index is 12.7. The van der Waals surface area contributed by atoms with Gasteiger partial charge in [-0.2, -0.15) is 0 Å². The van der Waals surface area contributed by atoms with Crippen LogP contribution in [0.15, 0.2) is 24.3 Å². The summed E-state index contributed by atoms with van der Waals surface area (Å²) >= 11 is 0. The number of carbonyl (C=O) groups excluding carboxylic acids is 2. The Kier molecular flexibility index (Phi) is 4.99. The number of sulfonamides is 1. The highest BCUT2D eigenvalue weighted by Gasteiger charge is 2.36. The normalized spacial score (nSPS) is 18.4. The van der Waals surface area contributed by atoms with Gasteiger partial charge in [-0.25, -0.2) is 13.2 Å². The van der Waals surface area contributed by atoms with E-state index in [0.29, 0.717) is 11.4 Å². The predicted molar refractivity (Wildman–Crippen MR) is 95.2 cm³/mol. The highest BCUT2D eigenvalue weighted by atomic mass is 32.2. The summed E-state index contributed by atoms with van der Waals surface area (Å²) in [4.78, 5) is 26.1. The molecule has 1 N–H and O–H groups in total. The van der Waals surface area contributed by atoms with Crippen LogP contribution in [0.2, 0.25) is 0 Å². The molecule has 1 aliphatic heterocycles. The van der Waals surface area contributed by atoms with Crippen molar-refractivity contribution in [3.05, 3.63) is 24.3 Å². The maximum atomic E-state index is 12.7. The first-order chi connectivity index (χ1) is 11.4. The Balaban J connectivity index is 2.39. The van der Waals surface area contributed by atoms with Crippen LogP contribution >= 0.6 is 0 Å². The van der Waals surface area contributed by atoms with Gasteiger partial charge in [-0.15, -0.1) is 0 Å². The fraction of sp³-hybridized carbons (Fsp3) is 0.500. The SMILES string of the molecule is CN1C(=O)C(NC(=O)OC(C)(C)C)CN(S(C)(=O)=O)c2ccccc21. The van der Waals surface area contributed by atoms with Crippen molar-refractivity contribution in [2.24, 2.45) is 0 Å². The molecule has 1 aromatic rings. The van der Waals surface area contributed by atoms with Crippen molar-refractivity contribution in [1.82, 2.24) is 5.32 Å². The Morgan fingerprint density at radius 3 is 2.32 bits per heavy atom. The highest BCUT2D eigenvalue weighted by Crippen LogP contribution is 2.33. The number of likely N-dealkylation sites (N-methyl/N-ethyl adjacent to an activating group) is 1. The van der Waals surface area contributed by atoms with Crippen LogP contribution in [0.5, 0.6) is 0 Å². The average Bonchev–Trinajstić information content (AvgIpc) is 2.56. The number of hydrogen-bond donors (Lipinski definition) is 1. The number of anilines is 2. The first-order valence-electron chi connectivity index (χ1n) is 7.74. The Morgan fingerprint density at radius 1 is 1.24 bits per heavy atom. The molecule has 138 valence electrons. The van der Waals surface area contributed by atoms with Crippen molar-refractivity contribution in [3.63, 3.8) is 0 Å². The van der Waals surface area contributed by atoms with Gasteiger partial charge in [-0.3, -0.25) is 9.10 Å². The minimum Gasteiger partial charge on any atom is -0.444 e. The van der Waals surface area contributed by atoms with E-state index >= 15 is 0 Å². The maximum Gasteiger partial charge on any atom is 0.408 e. The molecule has 0 saturated heterocycles. The minimum atomic E-state index is -3.65. The fourth-order valence-corrected chi connectivity index (χ4v) is 3.46. The summed E-state index contributed by atoms with van der Waals surface area (Å²) in [5.41, 5.74) is 0.101. The fourth-order valence-electron chi connectivity index (χ4n) is 2.52. The van der Waals surface area contributed by atoms with Crippen molar-refractivity contribution in [2.45, 2.75) is 32.4 Å². The first kappa shape index (κ1) is 19.0. The van der Waals surface area contributed by atoms with Crippen LogP contribution in [0.4, 0.5) is 16.2 Å². The van der Waals surface area contributed by atoms with E-state index in [-0.39, 0.29) is 6.54 Å². The molecular formula is C16H23N3O5S. The summed E-state index contributed by atoms with van der Waals surface area (Å²) in [5, 5.41) is 2.47. The lowest BCUT2D eigenvalue weighted by molar-refractivity contribution is -0.120. The van der Waals surface area contributed by atoms with Gasteiger partial charge >= 0.3 is 6.09 Å². The number of nitrogens with zero attached hydrogens (tertiary/aromatic N) is 2.